The van der Waals surface area contributed by atoms with Gasteiger partial charge in [0.25, 0.3) is 10.1 Å². The Morgan fingerprint density at radius 1 is 0.800 bits per heavy atom. The molecule has 0 aliphatic rings. The van der Waals surface area contributed by atoms with E-state index in [2.05, 4.69) is 6.58 Å². The van der Waals surface area contributed by atoms with Crippen molar-refractivity contribution in [2.45, 2.75) is 12.8 Å². The molecule has 0 fully saturated rings. The van der Waals surface area contributed by atoms with Crippen molar-refractivity contribution in [2.24, 2.45) is 0 Å². The molecule has 0 aliphatic heterocycles. The SMILES string of the molecule is C=CCCCS(=O)(=O)O.F[B-](F)(F)F.F[B-](F)(F)F.F[B-](F)(F)F.[H-].[Li+]. The van der Waals surface area contributed by atoms with Crippen LogP contribution in [0.25, 0.3) is 0 Å². The molecule has 0 rings (SSSR count). The van der Waals surface area contributed by atoms with Crippen molar-refractivity contribution in [3.05, 3.63) is 12.7 Å². The van der Waals surface area contributed by atoms with E-state index in [9.17, 15) is 60.2 Å². The first-order chi connectivity index (χ1) is 10.1. The van der Waals surface area contributed by atoms with Crippen LogP contribution in [0.5, 0.6) is 0 Å². The van der Waals surface area contributed by atoms with Gasteiger partial charge in [0.1, 0.15) is 0 Å². The average molecular weight is 419 g/mol. The Morgan fingerprint density at radius 2 is 1.00 bits per heavy atom. The summed E-state index contributed by atoms with van der Waals surface area (Å²) in [5, 5.41) is 0. The Kier molecular flexibility index (Phi) is 22.6. The van der Waals surface area contributed by atoms with E-state index in [1.54, 1.807) is 6.08 Å². The zero-order valence-corrected chi connectivity index (χ0v) is 13.2. The van der Waals surface area contributed by atoms with Gasteiger partial charge in [-0.25, -0.2) is 0 Å². The van der Waals surface area contributed by atoms with E-state index in [1.165, 1.54) is 0 Å². The fourth-order valence-corrected chi connectivity index (χ4v) is 0.942. The van der Waals surface area contributed by atoms with Crippen molar-refractivity contribution in [1.82, 2.24) is 0 Å². The van der Waals surface area contributed by atoms with Crippen molar-refractivity contribution in [3.8, 4) is 0 Å². The Morgan fingerprint density at radius 3 is 1.12 bits per heavy atom. The zero-order chi connectivity index (χ0) is 20.8. The van der Waals surface area contributed by atoms with Crippen molar-refractivity contribution in [1.29, 1.82) is 0 Å². The first-order valence-electron chi connectivity index (χ1n) is 5.24. The molecule has 25 heavy (non-hydrogen) atoms. The molecule has 0 unspecified atom stereocenters. The second kappa shape index (κ2) is 15.8. The summed E-state index contributed by atoms with van der Waals surface area (Å²) in [5.74, 6) is -0.168. The fourth-order valence-electron chi connectivity index (χ4n) is 0.410. The molecule has 0 radical (unpaired) electrons. The van der Waals surface area contributed by atoms with Crippen LogP contribution in [0.1, 0.15) is 14.3 Å². The van der Waals surface area contributed by atoms with E-state index < -0.39 is 31.9 Å². The van der Waals surface area contributed by atoms with Gasteiger partial charge in [0, 0.05) is 0 Å². The van der Waals surface area contributed by atoms with Gasteiger partial charge in [-0.2, -0.15) is 8.42 Å². The van der Waals surface area contributed by atoms with Crippen LogP contribution in [-0.2, 0) is 10.1 Å². The molecular weight excluding hydrogens is 407 g/mol. The number of unbranched alkanes of at least 4 members (excludes halogenated alkanes) is 1. The molecule has 0 bridgehead atoms. The third kappa shape index (κ3) is 351. The molecule has 0 aromatic heterocycles. The number of hydrogen-bond donors (Lipinski definition) is 1. The van der Waals surface area contributed by atoms with E-state index >= 15 is 0 Å². The first kappa shape index (κ1) is 35.7. The van der Waals surface area contributed by atoms with E-state index in [4.69, 9.17) is 4.55 Å². The maximum Gasteiger partial charge on any atom is 1.00 e. The zero-order valence-electron chi connectivity index (χ0n) is 13.3. The Bertz CT molecular complexity index is 367. The summed E-state index contributed by atoms with van der Waals surface area (Å²) in [7, 11) is -21.7. The second-order valence-corrected chi connectivity index (χ2v) is 4.77. The van der Waals surface area contributed by atoms with Crippen LogP contribution in [0.4, 0.5) is 51.8 Å². The number of halogens is 12. The molecule has 0 amide bonds. The average Bonchev–Trinajstić information content (AvgIpc) is 2.06. The summed E-state index contributed by atoms with van der Waals surface area (Å²) in [6.45, 7) is 3.40. The minimum Gasteiger partial charge on any atom is -1.00 e. The van der Waals surface area contributed by atoms with Gasteiger partial charge >= 0.3 is 40.6 Å². The van der Waals surface area contributed by atoms with E-state index in [0.29, 0.717) is 12.8 Å². The molecule has 0 aromatic rings. The summed E-state index contributed by atoms with van der Waals surface area (Å²) in [6, 6.07) is 0. The summed E-state index contributed by atoms with van der Waals surface area (Å²) < 4.78 is 145. The van der Waals surface area contributed by atoms with E-state index in [1.807, 2.05) is 0 Å². The standard InChI is InChI=1S/C5H10O3S.3BF4.Li.H/c1-2-3-4-5-9(6,7)8;3*2-1(3,4)5;;/h2H,1,3-5H2,(H,6,7,8);;;;;/q;3*-1;+1;-1. The number of hydrogen-bond acceptors (Lipinski definition) is 2. The molecule has 1 N–H and O–H groups in total. The Balaban J connectivity index is -0.0000000521. The van der Waals surface area contributed by atoms with Crippen molar-refractivity contribution >= 4 is 31.9 Å². The van der Waals surface area contributed by atoms with Gasteiger partial charge in [-0.3, -0.25) is 4.55 Å². The normalized spacial score (nSPS) is 11.2. The smallest absolute Gasteiger partial charge is 1.00 e. The molecule has 0 heterocycles. The summed E-state index contributed by atoms with van der Waals surface area (Å²) >= 11 is 0. The molecule has 0 aromatic carbocycles. The molecule has 0 saturated heterocycles. The molecule has 0 saturated carbocycles. The topological polar surface area (TPSA) is 54.4 Å². The van der Waals surface area contributed by atoms with Gasteiger partial charge in [0.15, 0.2) is 0 Å². The largest absolute Gasteiger partial charge is 1.00 e. The van der Waals surface area contributed by atoms with Gasteiger partial charge in [0.2, 0.25) is 0 Å². The third-order valence-electron chi connectivity index (χ3n) is 0.811. The minimum atomic E-state index is -6.00. The van der Waals surface area contributed by atoms with Crippen LogP contribution >= 0.6 is 0 Å². The maximum atomic E-state index is 10.0. The fraction of sp³-hybridized carbons (Fsp3) is 0.600. The quantitative estimate of drug-likeness (QED) is 0.249. The van der Waals surface area contributed by atoms with Gasteiger partial charge in [0.05, 0.1) is 5.75 Å². The third-order valence-corrected chi connectivity index (χ3v) is 1.62. The van der Waals surface area contributed by atoms with Crippen molar-refractivity contribution < 1.29 is 85.0 Å². The molecule has 0 spiro atoms. The van der Waals surface area contributed by atoms with E-state index in [0.717, 1.165) is 0 Å². The molecule has 152 valence electrons. The molecule has 0 atom stereocenters. The predicted octanol–water partition coefficient (Wildman–Crippen LogP) is 1.86. The van der Waals surface area contributed by atoms with Crippen LogP contribution in [0.2, 0.25) is 0 Å². The summed E-state index contributed by atoms with van der Waals surface area (Å²) in [5.41, 5.74) is 0. The van der Waals surface area contributed by atoms with Crippen LogP contribution < -0.4 is 18.9 Å². The number of allylic oxidation sites excluding steroid dienone is 1. The summed E-state index contributed by atoms with van der Waals surface area (Å²) in [4.78, 5) is 0. The monoisotopic (exact) mass is 419 g/mol. The maximum absolute atomic E-state index is 10.0. The summed E-state index contributed by atoms with van der Waals surface area (Å²) in [6.07, 6.45) is 2.69. The van der Waals surface area contributed by atoms with Gasteiger partial charge in [-0.05, 0) is 12.8 Å². The van der Waals surface area contributed by atoms with Gasteiger partial charge in [-0.1, -0.05) is 6.08 Å². The Hall–Kier alpha value is -0.398. The second-order valence-electron chi connectivity index (χ2n) is 3.20. The predicted molar refractivity (Wildman–Crippen MR) is 67.5 cm³/mol. The van der Waals surface area contributed by atoms with Crippen molar-refractivity contribution in [2.75, 3.05) is 5.75 Å². The van der Waals surface area contributed by atoms with Crippen LogP contribution in [-0.4, -0.2) is 40.5 Å². The number of rotatable bonds is 4. The Labute approximate surface area is 148 Å². The van der Waals surface area contributed by atoms with Crippen LogP contribution in [0.3, 0.4) is 0 Å². The van der Waals surface area contributed by atoms with Crippen LogP contribution in [0, 0.1) is 0 Å². The molecule has 20 heteroatoms. The molecule has 3 nitrogen and oxygen atoms in total. The van der Waals surface area contributed by atoms with Gasteiger partial charge in [-0.15, -0.1) is 6.58 Å². The molecule has 0 aliphatic carbocycles. The first-order valence-corrected chi connectivity index (χ1v) is 6.85. The van der Waals surface area contributed by atoms with Gasteiger partial charge < -0.3 is 53.2 Å². The molecular formula is C5H11B3F12LiO3S-3. The van der Waals surface area contributed by atoms with Crippen molar-refractivity contribution in [3.63, 3.8) is 0 Å². The van der Waals surface area contributed by atoms with E-state index in [-0.39, 0.29) is 26.0 Å². The van der Waals surface area contributed by atoms with Crippen LogP contribution in [0.15, 0.2) is 12.7 Å². The minimum absolute atomic E-state index is 0.